The highest BCUT2D eigenvalue weighted by Crippen LogP contribution is 2.25. The lowest BCUT2D eigenvalue weighted by Gasteiger charge is -2.32. The van der Waals surface area contributed by atoms with Crippen LogP contribution in [-0.2, 0) is 19.6 Å². The lowest BCUT2D eigenvalue weighted by atomic mass is 9.97. The first kappa shape index (κ1) is 21.8. The van der Waals surface area contributed by atoms with Crippen LogP contribution in [0.5, 0.6) is 0 Å². The van der Waals surface area contributed by atoms with E-state index in [0.717, 1.165) is 5.56 Å². The van der Waals surface area contributed by atoms with Gasteiger partial charge in [0.25, 0.3) is 15.9 Å². The van der Waals surface area contributed by atoms with Crippen molar-refractivity contribution in [2.75, 3.05) is 24.4 Å². The molecule has 1 atom stereocenters. The zero-order chi connectivity index (χ0) is 21.7. The normalized spacial score (nSPS) is 16.7. The fourth-order valence-corrected chi connectivity index (χ4v) is 4.54. The summed E-state index contributed by atoms with van der Waals surface area (Å²) in [6, 6.07) is 13.0. The molecular formula is C22H26N2O5S. The van der Waals surface area contributed by atoms with E-state index in [4.69, 9.17) is 4.74 Å². The van der Waals surface area contributed by atoms with Crippen LogP contribution < -0.4 is 4.72 Å². The van der Waals surface area contributed by atoms with Gasteiger partial charge in [-0.3, -0.25) is 14.3 Å². The van der Waals surface area contributed by atoms with Crippen molar-refractivity contribution in [1.82, 2.24) is 4.90 Å². The Morgan fingerprint density at radius 2 is 1.83 bits per heavy atom. The highest BCUT2D eigenvalue weighted by Gasteiger charge is 2.31. The first-order valence-corrected chi connectivity index (χ1v) is 11.4. The van der Waals surface area contributed by atoms with Crippen LogP contribution >= 0.6 is 0 Å². The Bertz CT molecular complexity index is 1020. The number of esters is 1. The van der Waals surface area contributed by atoms with Gasteiger partial charge in [0.15, 0.2) is 0 Å². The molecule has 0 aromatic heterocycles. The van der Waals surface area contributed by atoms with Crippen LogP contribution in [0.2, 0.25) is 0 Å². The van der Waals surface area contributed by atoms with E-state index in [1.54, 1.807) is 48.2 Å². The molecule has 1 saturated heterocycles. The van der Waals surface area contributed by atoms with Crippen molar-refractivity contribution >= 4 is 27.6 Å². The highest BCUT2D eigenvalue weighted by molar-refractivity contribution is 7.92. The van der Waals surface area contributed by atoms with E-state index in [0.29, 0.717) is 26.0 Å². The smallest absolute Gasteiger partial charge is 0.310 e. The summed E-state index contributed by atoms with van der Waals surface area (Å²) in [7, 11) is -3.84. The number of carbonyl (C=O) groups excluding carboxylic acids is 2. The predicted octanol–water partition coefficient (Wildman–Crippen LogP) is 3.21. The molecule has 1 amide bonds. The minimum atomic E-state index is -3.84. The van der Waals surface area contributed by atoms with E-state index in [-0.39, 0.29) is 40.5 Å². The Balaban J connectivity index is 1.81. The molecular weight excluding hydrogens is 404 g/mol. The molecule has 0 radical (unpaired) electrons. The van der Waals surface area contributed by atoms with Gasteiger partial charge in [0.2, 0.25) is 0 Å². The van der Waals surface area contributed by atoms with Crippen molar-refractivity contribution < 1.29 is 22.7 Å². The van der Waals surface area contributed by atoms with Crippen LogP contribution in [0.1, 0.15) is 35.7 Å². The Kier molecular flexibility index (Phi) is 6.77. The maximum atomic E-state index is 13.2. The number of hydrogen-bond acceptors (Lipinski definition) is 5. The number of likely N-dealkylation sites (tertiary alicyclic amines) is 1. The van der Waals surface area contributed by atoms with E-state index in [1.165, 1.54) is 12.1 Å². The number of para-hydroxylation sites is 1. The molecule has 1 fully saturated rings. The van der Waals surface area contributed by atoms with Crippen LogP contribution in [0.4, 0.5) is 5.69 Å². The SMILES string of the molecule is CCOC(=O)C1CCCN(C(=O)c2ccccc2NS(=O)(=O)c2ccc(C)cc2)C1. The molecule has 0 aliphatic carbocycles. The summed E-state index contributed by atoms with van der Waals surface area (Å²) in [6.45, 7) is 4.69. The molecule has 0 bridgehead atoms. The van der Waals surface area contributed by atoms with Crippen LogP contribution in [0.25, 0.3) is 0 Å². The summed E-state index contributed by atoms with van der Waals surface area (Å²) in [5.74, 6) is -0.978. The standard InChI is InChI=1S/C22H26N2O5S/c1-3-29-22(26)17-7-6-14-24(15-17)21(25)19-8-4-5-9-20(19)23-30(27,28)18-12-10-16(2)11-13-18/h4-5,8-13,17,23H,3,6-7,14-15H2,1-2H3. The zero-order valence-electron chi connectivity index (χ0n) is 17.1. The maximum Gasteiger partial charge on any atom is 0.310 e. The average molecular weight is 431 g/mol. The molecule has 160 valence electrons. The monoisotopic (exact) mass is 430 g/mol. The van der Waals surface area contributed by atoms with Gasteiger partial charge in [-0.1, -0.05) is 29.8 Å². The molecule has 3 rings (SSSR count). The Morgan fingerprint density at radius 1 is 1.13 bits per heavy atom. The fraction of sp³-hybridized carbons (Fsp3) is 0.364. The van der Waals surface area contributed by atoms with Gasteiger partial charge in [0, 0.05) is 13.1 Å². The second-order valence-electron chi connectivity index (χ2n) is 7.31. The molecule has 30 heavy (non-hydrogen) atoms. The van der Waals surface area contributed by atoms with Gasteiger partial charge in [0.1, 0.15) is 0 Å². The fourth-order valence-electron chi connectivity index (χ4n) is 3.46. The number of amides is 1. The topological polar surface area (TPSA) is 92.8 Å². The van der Waals surface area contributed by atoms with E-state index in [2.05, 4.69) is 4.72 Å². The number of nitrogens with zero attached hydrogens (tertiary/aromatic N) is 1. The lowest BCUT2D eigenvalue weighted by Crippen LogP contribution is -2.43. The number of anilines is 1. The third-order valence-corrected chi connectivity index (χ3v) is 6.44. The van der Waals surface area contributed by atoms with E-state index in [1.807, 2.05) is 6.92 Å². The van der Waals surface area contributed by atoms with Gasteiger partial charge < -0.3 is 9.64 Å². The third-order valence-electron chi connectivity index (χ3n) is 5.06. The van der Waals surface area contributed by atoms with Crippen molar-refractivity contribution in [2.45, 2.75) is 31.6 Å². The summed E-state index contributed by atoms with van der Waals surface area (Å²) in [6.07, 6.45) is 1.36. The molecule has 2 aromatic rings. The molecule has 1 aliphatic rings. The number of carbonyl (C=O) groups is 2. The van der Waals surface area contributed by atoms with Gasteiger partial charge in [0.05, 0.1) is 28.7 Å². The number of nitrogens with one attached hydrogen (secondary N) is 1. The number of rotatable bonds is 6. The van der Waals surface area contributed by atoms with Crippen LogP contribution in [-0.4, -0.2) is 44.9 Å². The lowest BCUT2D eigenvalue weighted by molar-refractivity contribution is -0.149. The van der Waals surface area contributed by atoms with Crippen molar-refractivity contribution in [1.29, 1.82) is 0 Å². The average Bonchev–Trinajstić information content (AvgIpc) is 2.74. The minimum absolute atomic E-state index is 0.121. The van der Waals surface area contributed by atoms with Crippen LogP contribution in [0.15, 0.2) is 53.4 Å². The number of ether oxygens (including phenoxy) is 1. The molecule has 8 heteroatoms. The van der Waals surface area contributed by atoms with Gasteiger partial charge in [-0.25, -0.2) is 8.42 Å². The van der Waals surface area contributed by atoms with Crippen molar-refractivity contribution in [3.63, 3.8) is 0 Å². The Labute approximate surface area is 177 Å². The number of benzene rings is 2. The predicted molar refractivity (Wildman–Crippen MR) is 114 cm³/mol. The molecule has 0 saturated carbocycles. The molecule has 7 nitrogen and oxygen atoms in total. The van der Waals surface area contributed by atoms with Gasteiger partial charge in [-0.2, -0.15) is 0 Å². The van der Waals surface area contributed by atoms with Crippen LogP contribution in [0, 0.1) is 12.8 Å². The quantitative estimate of drug-likeness (QED) is 0.711. The van der Waals surface area contributed by atoms with E-state index < -0.39 is 10.0 Å². The summed E-state index contributed by atoms with van der Waals surface area (Å²) in [4.78, 5) is 26.9. The van der Waals surface area contributed by atoms with Gasteiger partial charge in [-0.15, -0.1) is 0 Å². The zero-order valence-corrected chi connectivity index (χ0v) is 17.9. The van der Waals surface area contributed by atoms with Crippen molar-refractivity contribution in [3.8, 4) is 0 Å². The Morgan fingerprint density at radius 3 is 2.53 bits per heavy atom. The summed E-state index contributed by atoms with van der Waals surface area (Å²) >= 11 is 0. The molecule has 1 aliphatic heterocycles. The van der Waals surface area contributed by atoms with Crippen molar-refractivity contribution in [3.05, 3.63) is 59.7 Å². The number of piperidine rings is 1. The molecule has 1 heterocycles. The van der Waals surface area contributed by atoms with Gasteiger partial charge >= 0.3 is 5.97 Å². The molecule has 2 aromatic carbocycles. The van der Waals surface area contributed by atoms with E-state index >= 15 is 0 Å². The number of sulfonamides is 1. The van der Waals surface area contributed by atoms with E-state index in [9.17, 15) is 18.0 Å². The van der Waals surface area contributed by atoms with Gasteiger partial charge in [-0.05, 0) is 51.0 Å². The second kappa shape index (κ2) is 9.30. The third kappa shape index (κ3) is 4.99. The first-order valence-electron chi connectivity index (χ1n) is 9.96. The Hall–Kier alpha value is -2.87. The summed E-state index contributed by atoms with van der Waals surface area (Å²) in [5.41, 5.74) is 1.41. The molecule has 1 unspecified atom stereocenters. The first-order chi connectivity index (χ1) is 14.3. The minimum Gasteiger partial charge on any atom is -0.466 e. The van der Waals surface area contributed by atoms with Crippen LogP contribution in [0.3, 0.4) is 0 Å². The maximum absolute atomic E-state index is 13.2. The largest absolute Gasteiger partial charge is 0.466 e. The number of hydrogen-bond donors (Lipinski definition) is 1. The second-order valence-corrected chi connectivity index (χ2v) is 8.99. The summed E-state index contributed by atoms with van der Waals surface area (Å²) < 4.78 is 33.2. The highest BCUT2D eigenvalue weighted by atomic mass is 32.2. The molecule has 0 spiro atoms. The summed E-state index contributed by atoms with van der Waals surface area (Å²) in [5, 5.41) is 0. The number of aryl methyl sites for hydroxylation is 1. The molecule has 1 N–H and O–H groups in total. The van der Waals surface area contributed by atoms with Crippen molar-refractivity contribution in [2.24, 2.45) is 5.92 Å².